The Labute approximate surface area is 78.6 Å². The number of nitrogens with two attached hydrogens (primary N) is 1. The summed E-state index contributed by atoms with van der Waals surface area (Å²) in [6, 6.07) is 2.57. The number of nitriles is 1. The summed E-state index contributed by atoms with van der Waals surface area (Å²) in [5, 5.41) is 13.1. The molecule has 0 aliphatic rings. The van der Waals surface area contributed by atoms with Gasteiger partial charge in [0.2, 0.25) is 10.0 Å². The summed E-state index contributed by atoms with van der Waals surface area (Å²) >= 11 is 0. The van der Waals surface area contributed by atoms with Crippen molar-refractivity contribution in [3.8, 4) is 6.07 Å². The van der Waals surface area contributed by atoms with Gasteiger partial charge >= 0.3 is 0 Å². The number of primary sulfonamides is 1. The van der Waals surface area contributed by atoms with Gasteiger partial charge in [0.05, 0.1) is 0 Å². The maximum absolute atomic E-state index is 12.9. The van der Waals surface area contributed by atoms with Crippen LogP contribution in [0.2, 0.25) is 0 Å². The zero-order chi connectivity index (χ0) is 10.9. The highest BCUT2D eigenvalue weighted by Gasteiger charge is 2.20. The molecule has 0 aromatic heterocycles. The van der Waals surface area contributed by atoms with Crippen LogP contribution in [-0.4, -0.2) is 8.42 Å². The van der Waals surface area contributed by atoms with E-state index in [0.29, 0.717) is 6.07 Å². The Kier molecular flexibility index (Phi) is 2.51. The molecule has 2 N–H and O–H groups in total. The van der Waals surface area contributed by atoms with Crippen molar-refractivity contribution < 1.29 is 17.2 Å². The van der Waals surface area contributed by atoms with Crippen LogP contribution in [0.25, 0.3) is 0 Å². The van der Waals surface area contributed by atoms with Crippen LogP contribution in [0.5, 0.6) is 0 Å². The molecule has 0 saturated heterocycles. The molecule has 0 unspecified atom stereocenters. The van der Waals surface area contributed by atoms with Crippen LogP contribution in [0.1, 0.15) is 5.56 Å². The largest absolute Gasteiger partial charge is 0.239 e. The van der Waals surface area contributed by atoms with Crippen molar-refractivity contribution in [1.29, 1.82) is 5.26 Å². The van der Waals surface area contributed by atoms with E-state index in [4.69, 9.17) is 5.26 Å². The normalized spacial score (nSPS) is 11.0. The molecule has 0 fully saturated rings. The highest BCUT2D eigenvalue weighted by molar-refractivity contribution is 7.89. The van der Waals surface area contributed by atoms with Gasteiger partial charge in [0.15, 0.2) is 11.6 Å². The van der Waals surface area contributed by atoms with Gasteiger partial charge in [-0.2, -0.15) is 5.26 Å². The monoisotopic (exact) mass is 218 g/mol. The lowest BCUT2D eigenvalue weighted by atomic mass is 10.2. The molecule has 1 rings (SSSR count). The second-order valence-corrected chi connectivity index (χ2v) is 3.92. The minimum absolute atomic E-state index is 0.593. The molecule has 14 heavy (non-hydrogen) atoms. The standard InChI is InChI=1S/C7H4F2N2O2S/c8-5-1-2-6(14(11,12)13)4(3-10)7(5)9/h1-2H,(H2,11,12,13). The topological polar surface area (TPSA) is 83.9 Å². The molecule has 0 spiro atoms. The van der Waals surface area contributed by atoms with Crippen molar-refractivity contribution in [3.05, 3.63) is 29.3 Å². The van der Waals surface area contributed by atoms with Crippen LogP contribution in [0, 0.1) is 23.0 Å². The lowest BCUT2D eigenvalue weighted by Crippen LogP contribution is -2.15. The smallest absolute Gasteiger partial charge is 0.225 e. The van der Waals surface area contributed by atoms with Crippen LogP contribution >= 0.6 is 0 Å². The van der Waals surface area contributed by atoms with E-state index in [9.17, 15) is 17.2 Å². The lowest BCUT2D eigenvalue weighted by molar-refractivity contribution is 0.502. The molecule has 0 saturated carbocycles. The number of hydrogen-bond donors (Lipinski definition) is 1. The van der Waals surface area contributed by atoms with E-state index < -0.39 is 32.1 Å². The van der Waals surface area contributed by atoms with Crippen LogP contribution < -0.4 is 5.14 Å². The highest BCUT2D eigenvalue weighted by atomic mass is 32.2. The third-order valence-electron chi connectivity index (χ3n) is 1.47. The fourth-order valence-corrected chi connectivity index (χ4v) is 1.55. The summed E-state index contributed by atoms with van der Waals surface area (Å²) in [5.74, 6) is -2.81. The minimum atomic E-state index is -4.21. The zero-order valence-corrected chi connectivity index (χ0v) is 7.48. The molecule has 1 aromatic rings. The number of benzene rings is 1. The van der Waals surface area contributed by atoms with Crippen LogP contribution in [0.3, 0.4) is 0 Å². The Morgan fingerprint density at radius 3 is 2.36 bits per heavy atom. The first kappa shape index (κ1) is 10.6. The molecule has 0 aliphatic heterocycles. The van der Waals surface area contributed by atoms with Gasteiger partial charge in [-0.25, -0.2) is 22.3 Å². The molecule has 0 atom stereocenters. The zero-order valence-electron chi connectivity index (χ0n) is 6.66. The third kappa shape index (κ3) is 1.71. The van der Waals surface area contributed by atoms with Gasteiger partial charge in [0.1, 0.15) is 16.5 Å². The predicted molar refractivity (Wildman–Crippen MR) is 42.4 cm³/mol. The summed E-state index contributed by atoms with van der Waals surface area (Å²) in [5.41, 5.74) is -0.910. The van der Waals surface area contributed by atoms with Gasteiger partial charge in [0, 0.05) is 0 Å². The van der Waals surface area contributed by atoms with E-state index in [1.807, 2.05) is 0 Å². The molecular weight excluding hydrogens is 214 g/mol. The first-order chi connectivity index (χ1) is 6.38. The minimum Gasteiger partial charge on any atom is -0.225 e. The molecule has 7 heteroatoms. The highest BCUT2D eigenvalue weighted by Crippen LogP contribution is 2.19. The molecule has 0 aliphatic carbocycles. The van der Waals surface area contributed by atoms with Gasteiger partial charge in [-0.05, 0) is 12.1 Å². The van der Waals surface area contributed by atoms with E-state index in [2.05, 4.69) is 5.14 Å². The van der Waals surface area contributed by atoms with Crippen LogP contribution in [-0.2, 0) is 10.0 Å². The SMILES string of the molecule is N#Cc1c(S(N)(=O)=O)ccc(F)c1F. The average Bonchev–Trinajstić information content (AvgIpc) is 2.07. The predicted octanol–water partition coefficient (Wildman–Crippen LogP) is 0.484. The number of halogens is 2. The second-order valence-electron chi connectivity index (χ2n) is 2.39. The quantitative estimate of drug-likeness (QED) is 0.744. The molecule has 1 aromatic carbocycles. The van der Waals surface area contributed by atoms with E-state index >= 15 is 0 Å². The Bertz CT molecular complexity index is 519. The van der Waals surface area contributed by atoms with Gasteiger partial charge in [0.25, 0.3) is 0 Å². The van der Waals surface area contributed by atoms with Gasteiger partial charge in [-0.15, -0.1) is 0 Å². The Morgan fingerprint density at radius 1 is 1.36 bits per heavy atom. The Balaban J connectivity index is 3.66. The molecule has 74 valence electrons. The molecule has 0 heterocycles. The van der Waals surface area contributed by atoms with Crippen molar-refractivity contribution in [2.45, 2.75) is 4.90 Å². The van der Waals surface area contributed by atoms with Crippen LogP contribution in [0.4, 0.5) is 8.78 Å². The maximum Gasteiger partial charge on any atom is 0.239 e. The maximum atomic E-state index is 12.9. The van der Waals surface area contributed by atoms with Crippen molar-refractivity contribution in [3.63, 3.8) is 0 Å². The third-order valence-corrected chi connectivity index (χ3v) is 2.43. The fourth-order valence-electron chi connectivity index (χ4n) is 0.874. The molecular formula is C7H4F2N2O2S. The van der Waals surface area contributed by atoms with Gasteiger partial charge < -0.3 is 0 Å². The first-order valence-corrected chi connectivity index (χ1v) is 4.83. The first-order valence-electron chi connectivity index (χ1n) is 3.29. The summed E-state index contributed by atoms with van der Waals surface area (Å²) in [7, 11) is -4.21. The van der Waals surface area contributed by atoms with E-state index in [-0.39, 0.29) is 0 Å². The van der Waals surface area contributed by atoms with Crippen molar-refractivity contribution in [1.82, 2.24) is 0 Å². The van der Waals surface area contributed by atoms with Crippen molar-refractivity contribution in [2.75, 3.05) is 0 Å². The molecule has 0 bridgehead atoms. The van der Waals surface area contributed by atoms with E-state index in [1.165, 1.54) is 6.07 Å². The van der Waals surface area contributed by atoms with Crippen molar-refractivity contribution in [2.24, 2.45) is 5.14 Å². The lowest BCUT2D eigenvalue weighted by Gasteiger charge is -2.01. The Morgan fingerprint density at radius 2 is 1.93 bits per heavy atom. The number of nitrogens with zero attached hydrogens (tertiary/aromatic N) is 1. The van der Waals surface area contributed by atoms with E-state index in [0.717, 1.165) is 6.07 Å². The second kappa shape index (κ2) is 3.32. The van der Waals surface area contributed by atoms with Gasteiger partial charge in [-0.3, -0.25) is 0 Å². The molecule has 0 radical (unpaired) electrons. The number of hydrogen-bond acceptors (Lipinski definition) is 3. The number of sulfonamides is 1. The Hall–Kier alpha value is -1.52. The van der Waals surface area contributed by atoms with Crippen molar-refractivity contribution >= 4 is 10.0 Å². The van der Waals surface area contributed by atoms with E-state index in [1.54, 1.807) is 0 Å². The summed E-state index contributed by atoms with van der Waals surface area (Å²) < 4.78 is 47.1. The average molecular weight is 218 g/mol. The number of rotatable bonds is 1. The summed E-state index contributed by atoms with van der Waals surface area (Å²) in [4.78, 5) is -0.723. The van der Waals surface area contributed by atoms with Gasteiger partial charge in [-0.1, -0.05) is 0 Å². The summed E-state index contributed by atoms with van der Waals surface area (Å²) in [6.45, 7) is 0. The van der Waals surface area contributed by atoms with Crippen LogP contribution in [0.15, 0.2) is 17.0 Å². The summed E-state index contributed by atoms with van der Waals surface area (Å²) in [6.07, 6.45) is 0. The fraction of sp³-hybridized carbons (Fsp3) is 0. The molecule has 0 amide bonds. The molecule has 4 nitrogen and oxygen atoms in total.